The van der Waals surface area contributed by atoms with Crippen LogP contribution < -0.4 is 0 Å². The average molecular weight is 231 g/mol. The van der Waals surface area contributed by atoms with E-state index in [0.29, 0.717) is 0 Å². The highest BCUT2D eigenvalue weighted by atomic mass is 32.1. The van der Waals surface area contributed by atoms with E-state index in [4.69, 9.17) is 0 Å². The number of imidazole rings is 1. The maximum absolute atomic E-state index is 4.37. The van der Waals surface area contributed by atoms with Gasteiger partial charge in [-0.15, -0.1) is 0 Å². The lowest BCUT2D eigenvalue weighted by atomic mass is 10.4. The van der Waals surface area contributed by atoms with Crippen LogP contribution in [0.15, 0.2) is 18.6 Å². The van der Waals surface area contributed by atoms with E-state index >= 15 is 0 Å². The van der Waals surface area contributed by atoms with Crippen LogP contribution in [0, 0.1) is 13.8 Å². The fourth-order valence-electron chi connectivity index (χ4n) is 1.60. The molecule has 0 aliphatic heterocycles. The molecule has 0 aliphatic rings. The summed E-state index contributed by atoms with van der Waals surface area (Å²) in [4.78, 5) is 12.9. The van der Waals surface area contributed by atoms with Gasteiger partial charge in [-0.1, -0.05) is 0 Å². The van der Waals surface area contributed by atoms with Crippen molar-refractivity contribution in [1.82, 2.24) is 23.7 Å². The van der Waals surface area contributed by atoms with Gasteiger partial charge >= 0.3 is 0 Å². The van der Waals surface area contributed by atoms with E-state index in [1.165, 1.54) is 11.5 Å². The Hall–Kier alpha value is -1.82. The Kier molecular flexibility index (Phi) is 1.97. The minimum atomic E-state index is 0.780. The zero-order chi connectivity index (χ0) is 11.1. The molecule has 5 nitrogen and oxygen atoms in total. The van der Waals surface area contributed by atoms with Crippen molar-refractivity contribution in [2.75, 3.05) is 0 Å². The van der Waals surface area contributed by atoms with Crippen molar-refractivity contribution in [2.24, 2.45) is 0 Å². The molecule has 3 aromatic heterocycles. The molecular formula is C10H9N5S. The molecule has 0 saturated heterocycles. The number of fused-ring (bicyclic) bond motifs is 1. The summed E-state index contributed by atoms with van der Waals surface area (Å²) < 4.78 is 6.15. The summed E-state index contributed by atoms with van der Waals surface area (Å²) >= 11 is 1.36. The highest BCUT2D eigenvalue weighted by molar-refractivity contribution is 7.09. The SMILES string of the molecule is Cc1nsc(-c2ncc3c(C)nccn23)n1. The van der Waals surface area contributed by atoms with Crippen molar-refractivity contribution in [3.05, 3.63) is 30.1 Å². The van der Waals surface area contributed by atoms with Crippen molar-refractivity contribution in [2.45, 2.75) is 13.8 Å². The van der Waals surface area contributed by atoms with Gasteiger partial charge in [0.2, 0.25) is 0 Å². The number of rotatable bonds is 1. The van der Waals surface area contributed by atoms with E-state index in [0.717, 1.165) is 27.9 Å². The Bertz CT molecular complexity index is 654. The Morgan fingerprint density at radius 2 is 2.12 bits per heavy atom. The third-order valence-electron chi connectivity index (χ3n) is 2.37. The number of nitrogens with zero attached hydrogens (tertiary/aromatic N) is 5. The number of aromatic nitrogens is 5. The molecule has 0 atom stereocenters. The van der Waals surface area contributed by atoms with Crippen LogP contribution in [0.5, 0.6) is 0 Å². The number of hydrogen-bond acceptors (Lipinski definition) is 5. The van der Waals surface area contributed by atoms with Crippen LogP contribution in [-0.2, 0) is 0 Å². The first-order valence-electron chi connectivity index (χ1n) is 4.85. The van der Waals surface area contributed by atoms with Gasteiger partial charge in [0, 0.05) is 12.4 Å². The minimum absolute atomic E-state index is 0.780. The normalized spacial score (nSPS) is 11.1. The first kappa shape index (κ1) is 9.41. The molecule has 0 aromatic carbocycles. The van der Waals surface area contributed by atoms with Crippen LogP contribution >= 0.6 is 11.5 Å². The molecule has 0 spiro atoms. The molecule has 3 aromatic rings. The lowest BCUT2D eigenvalue weighted by Gasteiger charge is -1.98. The number of hydrogen-bond donors (Lipinski definition) is 0. The van der Waals surface area contributed by atoms with E-state index in [9.17, 15) is 0 Å². The van der Waals surface area contributed by atoms with Gasteiger partial charge in [0.25, 0.3) is 0 Å². The van der Waals surface area contributed by atoms with Crippen molar-refractivity contribution >= 4 is 17.0 Å². The third kappa shape index (κ3) is 1.30. The fraction of sp³-hybridized carbons (Fsp3) is 0.200. The summed E-state index contributed by atoms with van der Waals surface area (Å²) in [6.07, 6.45) is 5.47. The summed E-state index contributed by atoms with van der Waals surface area (Å²) in [5.41, 5.74) is 1.97. The van der Waals surface area contributed by atoms with Gasteiger partial charge < -0.3 is 0 Å². The predicted molar refractivity (Wildman–Crippen MR) is 61.4 cm³/mol. The largest absolute Gasteiger partial charge is 0.294 e. The van der Waals surface area contributed by atoms with Gasteiger partial charge in [-0.3, -0.25) is 9.38 Å². The molecule has 3 rings (SSSR count). The van der Waals surface area contributed by atoms with Crippen LogP contribution in [0.1, 0.15) is 11.5 Å². The van der Waals surface area contributed by atoms with Crippen molar-refractivity contribution < 1.29 is 0 Å². The Labute approximate surface area is 96.0 Å². The molecule has 3 heterocycles. The Morgan fingerprint density at radius 1 is 1.25 bits per heavy atom. The van der Waals surface area contributed by atoms with E-state index in [-0.39, 0.29) is 0 Å². The molecule has 0 amide bonds. The Balaban J connectivity index is 2.29. The number of aryl methyl sites for hydroxylation is 2. The van der Waals surface area contributed by atoms with Crippen LogP contribution in [0.3, 0.4) is 0 Å². The molecule has 0 N–H and O–H groups in total. The summed E-state index contributed by atoms with van der Waals surface area (Å²) in [5.74, 6) is 1.61. The molecule has 0 bridgehead atoms. The summed E-state index contributed by atoms with van der Waals surface area (Å²) in [5, 5.41) is 0.836. The molecule has 80 valence electrons. The molecule has 0 unspecified atom stereocenters. The molecule has 6 heteroatoms. The summed E-state index contributed by atoms with van der Waals surface area (Å²) in [6, 6.07) is 0. The van der Waals surface area contributed by atoms with E-state index in [1.807, 2.05) is 30.6 Å². The Morgan fingerprint density at radius 3 is 2.88 bits per heavy atom. The first-order chi connectivity index (χ1) is 7.75. The quantitative estimate of drug-likeness (QED) is 0.641. The standard InChI is InChI=1S/C10H9N5S/c1-6-8-5-12-9(15(8)4-3-11-6)10-13-7(2)14-16-10/h3-5H,1-2H3. The lowest BCUT2D eigenvalue weighted by Crippen LogP contribution is -1.92. The smallest absolute Gasteiger partial charge is 0.179 e. The van der Waals surface area contributed by atoms with Gasteiger partial charge in [-0.2, -0.15) is 4.37 Å². The molecule has 0 saturated carbocycles. The fourth-order valence-corrected chi connectivity index (χ4v) is 2.27. The van der Waals surface area contributed by atoms with Crippen LogP contribution in [0.25, 0.3) is 16.3 Å². The van der Waals surface area contributed by atoms with E-state index < -0.39 is 0 Å². The molecule has 0 fully saturated rings. The van der Waals surface area contributed by atoms with E-state index in [1.54, 1.807) is 6.20 Å². The van der Waals surface area contributed by atoms with Crippen LogP contribution in [0.2, 0.25) is 0 Å². The molecular weight excluding hydrogens is 222 g/mol. The zero-order valence-electron chi connectivity index (χ0n) is 8.88. The van der Waals surface area contributed by atoms with Gasteiger partial charge in [0.05, 0.1) is 17.4 Å². The van der Waals surface area contributed by atoms with Gasteiger partial charge in [0.1, 0.15) is 5.82 Å². The summed E-state index contributed by atoms with van der Waals surface area (Å²) in [7, 11) is 0. The zero-order valence-corrected chi connectivity index (χ0v) is 9.69. The van der Waals surface area contributed by atoms with Crippen LogP contribution in [-0.4, -0.2) is 23.7 Å². The second-order valence-electron chi connectivity index (χ2n) is 3.50. The van der Waals surface area contributed by atoms with Crippen molar-refractivity contribution in [3.63, 3.8) is 0 Å². The van der Waals surface area contributed by atoms with Crippen molar-refractivity contribution in [1.29, 1.82) is 0 Å². The average Bonchev–Trinajstić information content (AvgIpc) is 2.84. The second kappa shape index (κ2) is 3.34. The second-order valence-corrected chi connectivity index (χ2v) is 4.25. The van der Waals surface area contributed by atoms with Gasteiger partial charge in [-0.05, 0) is 25.4 Å². The summed E-state index contributed by atoms with van der Waals surface area (Å²) in [6.45, 7) is 3.84. The highest BCUT2D eigenvalue weighted by Gasteiger charge is 2.11. The molecule has 0 radical (unpaired) electrons. The topological polar surface area (TPSA) is 56.0 Å². The van der Waals surface area contributed by atoms with E-state index in [2.05, 4.69) is 19.3 Å². The van der Waals surface area contributed by atoms with Gasteiger partial charge in [-0.25, -0.2) is 9.97 Å². The van der Waals surface area contributed by atoms with Gasteiger partial charge in [0.15, 0.2) is 10.8 Å². The third-order valence-corrected chi connectivity index (χ3v) is 3.17. The van der Waals surface area contributed by atoms with Crippen molar-refractivity contribution in [3.8, 4) is 10.8 Å². The highest BCUT2D eigenvalue weighted by Crippen LogP contribution is 2.21. The predicted octanol–water partition coefficient (Wildman–Crippen LogP) is 1.86. The molecule has 16 heavy (non-hydrogen) atoms. The minimum Gasteiger partial charge on any atom is -0.294 e. The van der Waals surface area contributed by atoms with Crippen LogP contribution in [0.4, 0.5) is 0 Å². The first-order valence-corrected chi connectivity index (χ1v) is 5.62. The maximum atomic E-state index is 4.37. The molecule has 0 aliphatic carbocycles. The maximum Gasteiger partial charge on any atom is 0.179 e. The monoisotopic (exact) mass is 231 g/mol. The lowest BCUT2D eigenvalue weighted by molar-refractivity contribution is 1.07.